The van der Waals surface area contributed by atoms with E-state index in [1.165, 1.54) is 17.5 Å². The number of nitrogens with zero attached hydrogens (tertiary/aromatic N) is 2. The topological polar surface area (TPSA) is 61.8 Å². The summed E-state index contributed by atoms with van der Waals surface area (Å²) in [7, 11) is 0. The van der Waals surface area contributed by atoms with E-state index >= 15 is 0 Å². The third kappa shape index (κ3) is 1.58. The van der Waals surface area contributed by atoms with Crippen molar-refractivity contribution in [3.8, 4) is 0 Å². The minimum atomic E-state index is -0.794. The predicted octanol–water partition coefficient (Wildman–Crippen LogP) is 1.60. The molecule has 0 aliphatic heterocycles. The predicted molar refractivity (Wildman–Crippen MR) is 49.8 cm³/mol. The molecule has 2 heterocycles. The van der Waals surface area contributed by atoms with Crippen molar-refractivity contribution in [1.29, 1.82) is 0 Å². The summed E-state index contributed by atoms with van der Waals surface area (Å²) in [6.07, 6.45) is 0.677. The monoisotopic (exact) mass is 215 g/mol. The Morgan fingerprint density at radius 2 is 2.46 bits per heavy atom. The standard InChI is InChI=1S/C7H6ClN3OS/c8-7-4(1-2-13-7)6(12)5-3-9-11-10-5/h1-3,6,12H,(H,9,10,11). The molecule has 2 aromatic heterocycles. The highest BCUT2D eigenvalue weighted by Gasteiger charge is 2.16. The highest BCUT2D eigenvalue weighted by molar-refractivity contribution is 7.14. The summed E-state index contributed by atoms with van der Waals surface area (Å²) < 4.78 is 0.579. The lowest BCUT2D eigenvalue weighted by atomic mass is 10.1. The maximum absolute atomic E-state index is 9.75. The Balaban J connectivity index is 2.33. The second kappa shape index (κ2) is 3.45. The first-order valence-electron chi connectivity index (χ1n) is 3.55. The first kappa shape index (κ1) is 8.68. The van der Waals surface area contributed by atoms with Crippen LogP contribution in [0, 0.1) is 0 Å². The van der Waals surface area contributed by atoms with Crippen molar-refractivity contribution in [2.45, 2.75) is 6.10 Å². The Labute approximate surface area is 83.2 Å². The molecular weight excluding hydrogens is 210 g/mol. The highest BCUT2D eigenvalue weighted by Crippen LogP contribution is 2.30. The molecule has 0 radical (unpaired) electrons. The van der Waals surface area contributed by atoms with Gasteiger partial charge in [-0.1, -0.05) is 11.6 Å². The van der Waals surface area contributed by atoms with Gasteiger partial charge < -0.3 is 5.11 Å². The van der Waals surface area contributed by atoms with Crippen LogP contribution in [0.15, 0.2) is 17.6 Å². The van der Waals surface area contributed by atoms with Gasteiger partial charge in [-0.2, -0.15) is 15.4 Å². The molecule has 2 aromatic rings. The fourth-order valence-electron chi connectivity index (χ4n) is 1.00. The van der Waals surface area contributed by atoms with Crippen LogP contribution in [0.25, 0.3) is 0 Å². The molecule has 0 fully saturated rings. The smallest absolute Gasteiger partial charge is 0.127 e. The summed E-state index contributed by atoms with van der Waals surface area (Å²) in [6, 6.07) is 1.77. The third-order valence-electron chi connectivity index (χ3n) is 1.65. The van der Waals surface area contributed by atoms with E-state index in [4.69, 9.17) is 11.6 Å². The lowest BCUT2D eigenvalue weighted by molar-refractivity contribution is 0.216. The van der Waals surface area contributed by atoms with Gasteiger partial charge in [0.05, 0.1) is 10.5 Å². The van der Waals surface area contributed by atoms with Crippen LogP contribution in [0.2, 0.25) is 4.34 Å². The van der Waals surface area contributed by atoms with Gasteiger partial charge in [0.1, 0.15) is 11.8 Å². The largest absolute Gasteiger partial charge is 0.382 e. The van der Waals surface area contributed by atoms with Crippen molar-refractivity contribution in [2.75, 3.05) is 0 Å². The molecule has 0 aliphatic carbocycles. The van der Waals surface area contributed by atoms with E-state index in [2.05, 4.69) is 15.4 Å². The van der Waals surface area contributed by atoms with Gasteiger partial charge in [0.25, 0.3) is 0 Å². The number of halogens is 1. The molecule has 0 aromatic carbocycles. The van der Waals surface area contributed by atoms with Crippen LogP contribution < -0.4 is 0 Å². The summed E-state index contributed by atoms with van der Waals surface area (Å²) in [5.41, 5.74) is 1.14. The van der Waals surface area contributed by atoms with Gasteiger partial charge in [-0.15, -0.1) is 11.3 Å². The van der Waals surface area contributed by atoms with E-state index in [0.717, 1.165) is 0 Å². The van der Waals surface area contributed by atoms with E-state index < -0.39 is 6.10 Å². The molecule has 4 nitrogen and oxygen atoms in total. The molecule has 2 rings (SSSR count). The van der Waals surface area contributed by atoms with Crippen molar-refractivity contribution in [3.05, 3.63) is 33.2 Å². The second-order valence-corrected chi connectivity index (χ2v) is 3.97. The zero-order chi connectivity index (χ0) is 9.26. The van der Waals surface area contributed by atoms with Gasteiger partial charge in [0.15, 0.2) is 0 Å². The van der Waals surface area contributed by atoms with Gasteiger partial charge in [-0.25, -0.2) is 0 Å². The molecule has 0 saturated heterocycles. The van der Waals surface area contributed by atoms with E-state index in [1.54, 1.807) is 6.07 Å². The fourth-order valence-corrected chi connectivity index (χ4v) is 1.97. The number of aromatic nitrogens is 3. The fraction of sp³-hybridized carbons (Fsp3) is 0.143. The maximum Gasteiger partial charge on any atom is 0.127 e. The normalized spacial score (nSPS) is 13.1. The maximum atomic E-state index is 9.75. The van der Waals surface area contributed by atoms with E-state index in [1.807, 2.05) is 5.38 Å². The molecule has 1 unspecified atom stereocenters. The number of nitrogens with one attached hydrogen (secondary N) is 1. The van der Waals surface area contributed by atoms with Gasteiger partial charge >= 0.3 is 0 Å². The van der Waals surface area contributed by atoms with Gasteiger partial charge in [0.2, 0.25) is 0 Å². The number of rotatable bonds is 2. The van der Waals surface area contributed by atoms with Crippen LogP contribution in [0.1, 0.15) is 17.4 Å². The van der Waals surface area contributed by atoms with Crippen LogP contribution >= 0.6 is 22.9 Å². The number of hydrogen-bond acceptors (Lipinski definition) is 4. The van der Waals surface area contributed by atoms with Crippen LogP contribution in [-0.2, 0) is 0 Å². The molecule has 0 saturated carbocycles. The van der Waals surface area contributed by atoms with Crippen LogP contribution in [0.4, 0.5) is 0 Å². The molecular formula is C7H6ClN3OS. The van der Waals surface area contributed by atoms with Crippen LogP contribution in [-0.4, -0.2) is 20.5 Å². The molecule has 0 aliphatic rings. The molecule has 13 heavy (non-hydrogen) atoms. The van der Waals surface area contributed by atoms with Crippen molar-refractivity contribution in [2.24, 2.45) is 0 Å². The molecule has 1 atom stereocenters. The Kier molecular flexibility index (Phi) is 2.30. The van der Waals surface area contributed by atoms with Gasteiger partial charge in [-0.05, 0) is 11.4 Å². The third-order valence-corrected chi connectivity index (χ3v) is 2.85. The number of aliphatic hydroxyl groups is 1. The van der Waals surface area contributed by atoms with Gasteiger partial charge in [-0.3, -0.25) is 0 Å². The Hall–Kier alpha value is -0.910. The first-order chi connectivity index (χ1) is 6.29. The Bertz CT molecular complexity index is 386. The zero-order valence-corrected chi connectivity index (χ0v) is 8.01. The Morgan fingerprint density at radius 3 is 3.00 bits per heavy atom. The lowest BCUT2D eigenvalue weighted by Gasteiger charge is -2.04. The highest BCUT2D eigenvalue weighted by atomic mass is 35.5. The molecule has 0 amide bonds. The molecule has 2 N–H and O–H groups in total. The SMILES string of the molecule is OC(c1cn[nH]n1)c1ccsc1Cl. The van der Waals surface area contributed by atoms with E-state index in [9.17, 15) is 5.11 Å². The van der Waals surface area contributed by atoms with Gasteiger partial charge in [0, 0.05) is 5.56 Å². The number of aromatic amines is 1. The van der Waals surface area contributed by atoms with E-state index in [-0.39, 0.29) is 0 Å². The number of thiophene rings is 1. The van der Waals surface area contributed by atoms with Crippen molar-refractivity contribution in [3.63, 3.8) is 0 Å². The quantitative estimate of drug-likeness (QED) is 0.800. The van der Waals surface area contributed by atoms with Crippen molar-refractivity contribution < 1.29 is 5.11 Å². The number of H-pyrrole nitrogens is 1. The number of hydrogen-bond donors (Lipinski definition) is 2. The Morgan fingerprint density at radius 1 is 1.62 bits per heavy atom. The first-order valence-corrected chi connectivity index (χ1v) is 4.81. The average Bonchev–Trinajstić information content (AvgIpc) is 2.72. The molecule has 68 valence electrons. The van der Waals surface area contributed by atoms with E-state index in [0.29, 0.717) is 15.6 Å². The van der Waals surface area contributed by atoms with Crippen molar-refractivity contribution in [1.82, 2.24) is 15.4 Å². The second-order valence-electron chi connectivity index (χ2n) is 2.45. The zero-order valence-electron chi connectivity index (χ0n) is 6.44. The molecule has 6 heteroatoms. The summed E-state index contributed by atoms with van der Waals surface area (Å²) >= 11 is 7.23. The van der Waals surface area contributed by atoms with Crippen LogP contribution in [0.5, 0.6) is 0 Å². The summed E-state index contributed by atoms with van der Waals surface area (Å²) in [5, 5.41) is 21.4. The number of aliphatic hydroxyl groups excluding tert-OH is 1. The summed E-state index contributed by atoms with van der Waals surface area (Å²) in [6.45, 7) is 0. The lowest BCUT2D eigenvalue weighted by Crippen LogP contribution is -1.98. The molecule has 0 spiro atoms. The summed E-state index contributed by atoms with van der Waals surface area (Å²) in [4.78, 5) is 0. The minimum absolute atomic E-state index is 0.473. The summed E-state index contributed by atoms with van der Waals surface area (Å²) in [5.74, 6) is 0. The van der Waals surface area contributed by atoms with Crippen LogP contribution in [0.3, 0.4) is 0 Å². The molecule has 0 bridgehead atoms. The average molecular weight is 216 g/mol. The minimum Gasteiger partial charge on any atom is -0.382 e. The van der Waals surface area contributed by atoms with Crippen molar-refractivity contribution >= 4 is 22.9 Å².